The van der Waals surface area contributed by atoms with Gasteiger partial charge in [0, 0.05) is 22.3 Å². The molecule has 0 bridgehead atoms. The van der Waals surface area contributed by atoms with Crippen LogP contribution in [0.2, 0.25) is 5.02 Å². The van der Waals surface area contributed by atoms with Crippen molar-refractivity contribution in [2.75, 3.05) is 21.8 Å². The highest BCUT2D eigenvalue weighted by atomic mass is 35.5. The van der Waals surface area contributed by atoms with Gasteiger partial charge in [-0.1, -0.05) is 66.2 Å². The number of amides is 3. The number of carbonyl (C=O) groups excluding carboxylic acids is 3. The lowest BCUT2D eigenvalue weighted by Crippen LogP contribution is -2.55. The number of anilines is 2. The predicted molar refractivity (Wildman–Crippen MR) is 147 cm³/mol. The number of nitrogens with one attached hydrogen (secondary N) is 1. The Bertz CT molecular complexity index is 1400. The van der Waals surface area contributed by atoms with Crippen molar-refractivity contribution < 1.29 is 14.4 Å². The molecule has 6 nitrogen and oxygen atoms in total. The minimum atomic E-state index is -1.31. The predicted octanol–water partition coefficient (Wildman–Crippen LogP) is 4.61. The molecule has 8 heteroatoms. The van der Waals surface area contributed by atoms with Gasteiger partial charge in [-0.25, -0.2) is 4.90 Å². The maximum absolute atomic E-state index is 14.5. The van der Waals surface area contributed by atoms with Crippen molar-refractivity contribution in [3.8, 4) is 0 Å². The fraction of sp³-hybridized carbons (Fsp3) is 0.276. The SMILES string of the molecule is CSCC[C@@H]1N[C@]2(C(=O)N(Cc3ccccc3)c3ccccc32)[C@@H]2C(=O)N(c3cccc(Cl)c3)C(=O)[C@@H]12. The van der Waals surface area contributed by atoms with Crippen molar-refractivity contribution in [3.63, 3.8) is 0 Å². The Hall–Kier alpha value is -3.13. The van der Waals surface area contributed by atoms with Gasteiger partial charge in [0.15, 0.2) is 0 Å². The molecule has 1 N–H and O–H groups in total. The number of rotatable bonds is 6. The summed E-state index contributed by atoms with van der Waals surface area (Å²) < 4.78 is 0. The fourth-order valence-electron chi connectivity index (χ4n) is 6.23. The van der Waals surface area contributed by atoms with E-state index in [2.05, 4.69) is 5.32 Å². The zero-order valence-electron chi connectivity index (χ0n) is 20.3. The van der Waals surface area contributed by atoms with Gasteiger partial charge in [-0.2, -0.15) is 11.8 Å². The van der Waals surface area contributed by atoms with Gasteiger partial charge in [-0.15, -0.1) is 0 Å². The second-order valence-electron chi connectivity index (χ2n) is 9.73. The van der Waals surface area contributed by atoms with Crippen molar-refractivity contribution in [2.45, 2.75) is 24.5 Å². The first-order valence-electron chi connectivity index (χ1n) is 12.3. The summed E-state index contributed by atoms with van der Waals surface area (Å²) in [5.74, 6) is -1.51. The van der Waals surface area contributed by atoms with E-state index in [1.165, 1.54) is 4.90 Å². The molecule has 0 aromatic heterocycles. The van der Waals surface area contributed by atoms with Crippen LogP contribution in [0, 0.1) is 11.8 Å². The van der Waals surface area contributed by atoms with Gasteiger partial charge >= 0.3 is 0 Å². The molecule has 6 rings (SSSR count). The summed E-state index contributed by atoms with van der Waals surface area (Å²) in [6.45, 7) is 0.382. The lowest BCUT2D eigenvalue weighted by molar-refractivity contribution is -0.132. The van der Waals surface area contributed by atoms with E-state index in [0.717, 1.165) is 22.6 Å². The Labute approximate surface area is 225 Å². The highest BCUT2D eigenvalue weighted by Gasteiger charge is 2.71. The molecule has 0 unspecified atom stereocenters. The van der Waals surface area contributed by atoms with Crippen molar-refractivity contribution in [1.29, 1.82) is 0 Å². The number of hydrogen-bond donors (Lipinski definition) is 1. The first-order chi connectivity index (χ1) is 18.0. The summed E-state index contributed by atoms with van der Waals surface area (Å²) in [5.41, 5.74) is 1.65. The van der Waals surface area contributed by atoms with E-state index in [1.54, 1.807) is 40.9 Å². The number of imide groups is 1. The van der Waals surface area contributed by atoms with Gasteiger partial charge in [-0.3, -0.25) is 19.7 Å². The van der Waals surface area contributed by atoms with Crippen LogP contribution in [0.15, 0.2) is 78.9 Å². The molecule has 3 amide bonds. The van der Waals surface area contributed by atoms with Gasteiger partial charge in [0.25, 0.3) is 5.91 Å². The molecule has 2 fully saturated rings. The van der Waals surface area contributed by atoms with Crippen LogP contribution in [0.4, 0.5) is 11.4 Å². The van der Waals surface area contributed by atoms with E-state index in [-0.39, 0.29) is 23.8 Å². The van der Waals surface area contributed by atoms with Gasteiger partial charge < -0.3 is 4.90 Å². The number of fused-ring (bicyclic) bond motifs is 4. The smallest absolute Gasteiger partial charge is 0.253 e. The number of carbonyl (C=O) groups is 3. The topological polar surface area (TPSA) is 69.7 Å². The molecular weight excluding hydrogens is 506 g/mol. The quantitative estimate of drug-likeness (QED) is 0.470. The molecule has 0 aliphatic carbocycles. The summed E-state index contributed by atoms with van der Waals surface area (Å²) in [6.07, 6.45) is 2.68. The third-order valence-electron chi connectivity index (χ3n) is 7.75. The first-order valence-corrected chi connectivity index (χ1v) is 14.1. The largest absolute Gasteiger partial charge is 0.306 e. The second kappa shape index (κ2) is 9.31. The van der Waals surface area contributed by atoms with Crippen LogP contribution in [-0.4, -0.2) is 35.8 Å². The number of halogens is 1. The third-order valence-corrected chi connectivity index (χ3v) is 8.63. The maximum atomic E-state index is 14.5. The monoisotopic (exact) mass is 531 g/mol. The molecule has 188 valence electrons. The molecule has 3 aliphatic heterocycles. The zero-order chi connectivity index (χ0) is 25.7. The Morgan fingerprint density at radius 2 is 1.70 bits per heavy atom. The number of hydrogen-bond acceptors (Lipinski definition) is 5. The molecule has 3 aromatic carbocycles. The number of nitrogens with zero attached hydrogens (tertiary/aromatic N) is 2. The summed E-state index contributed by atoms with van der Waals surface area (Å²) in [4.78, 5) is 45.5. The van der Waals surface area contributed by atoms with Gasteiger partial charge in [0.05, 0.1) is 24.1 Å². The average molecular weight is 532 g/mol. The summed E-state index contributed by atoms with van der Waals surface area (Å²) in [5, 5.41) is 4.01. The second-order valence-corrected chi connectivity index (χ2v) is 11.2. The van der Waals surface area contributed by atoms with Crippen LogP contribution in [0.1, 0.15) is 17.5 Å². The van der Waals surface area contributed by atoms with E-state index >= 15 is 0 Å². The van der Waals surface area contributed by atoms with Crippen molar-refractivity contribution in [1.82, 2.24) is 5.32 Å². The zero-order valence-corrected chi connectivity index (χ0v) is 21.8. The van der Waals surface area contributed by atoms with Crippen molar-refractivity contribution in [3.05, 3.63) is 95.0 Å². The Kier molecular flexibility index (Phi) is 6.10. The molecule has 3 heterocycles. The molecule has 3 aromatic rings. The van der Waals surface area contributed by atoms with Gasteiger partial charge in [0.1, 0.15) is 5.54 Å². The van der Waals surface area contributed by atoms with Crippen LogP contribution >= 0.6 is 23.4 Å². The minimum absolute atomic E-state index is 0.187. The number of thioether (sulfide) groups is 1. The van der Waals surface area contributed by atoms with Crippen LogP contribution < -0.4 is 15.1 Å². The van der Waals surface area contributed by atoms with E-state index in [4.69, 9.17) is 11.6 Å². The van der Waals surface area contributed by atoms with Gasteiger partial charge in [0.2, 0.25) is 11.8 Å². The van der Waals surface area contributed by atoms with Crippen LogP contribution in [-0.2, 0) is 26.5 Å². The maximum Gasteiger partial charge on any atom is 0.253 e. The Morgan fingerprint density at radius 3 is 2.46 bits per heavy atom. The summed E-state index contributed by atoms with van der Waals surface area (Å²) in [6, 6.07) is 23.9. The molecule has 0 radical (unpaired) electrons. The van der Waals surface area contributed by atoms with E-state index in [9.17, 15) is 14.4 Å². The fourth-order valence-corrected chi connectivity index (χ4v) is 6.91. The van der Waals surface area contributed by atoms with Gasteiger partial charge in [-0.05, 0) is 48.3 Å². The molecule has 4 atom stereocenters. The lowest BCUT2D eigenvalue weighted by atomic mass is 9.76. The van der Waals surface area contributed by atoms with Crippen LogP contribution in [0.3, 0.4) is 0 Å². The highest BCUT2D eigenvalue weighted by molar-refractivity contribution is 7.98. The lowest BCUT2D eigenvalue weighted by Gasteiger charge is -2.30. The standard InChI is InChI=1S/C29H26ClN3O3S/c1-37-15-14-22-24-25(27(35)33(26(24)34)20-11-7-10-19(30)16-20)29(31-22)21-12-5-6-13-23(21)32(28(29)36)17-18-8-3-2-4-9-18/h2-13,16,22,24-25,31H,14-15,17H2,1H3/t22-,24-,25-,29-/m0/s1. The minimum Gasteiger partial charge on any atom is -0.306 e. The molecule has 2 saturated heterocycles. The molecule has 1 spiro atoms. The Morgan fingerprint density at radius 1 is 0.946 bits per heavy atom. The van der Waals surface area contributed by atoms with Crippen molar-refractivity contribution >= 4 is 52.5 Å². The third kappa shape index (κ3) is 3.63. The number of benzene rings is 3. The first kappa shape index (κ1) is 24.2. The highest BCUT2D eigenvalue weighted by Crippen LogP contribution is 2.55. The normalized spacial score (nSPS) is 26.3. The van der Waals surface area contributed by atoms with E-state index in [1.807, 2.05) is 60.9 Å². The van der Waals surface area contributed by atoms with Crippen LogP contribution in [0.5, 0.6) is 0 Å². The molecule has 37 heavy (non-hydrogen) atoms. The summed E-state index contributed by atoms with van der Waals surface area (Å²) >= 11 is 7.90. The molecule has 0 saturated carbocycles. The van der Waals surface area contributed by atoms with Crippen molar-refractivity contribution in [2.24, 2.45) is 11.8 Å². The molecular formula is C29H26ClN3O3S. The van der Waals surface area contributed by atoms with Crippen LogP contribution in [0.25, 0.3) is 0 Å². The number of para-hydroxylation sites is 1. The Balaban J connectivity index is 1.48. The van der Waals surface area contributed by atoms with E-state index in [0.29, 0.717) is 23.7 Å². The summed E-state index contributed by atoms with van der Waals surface area (Å²) in [7, 11) is 0. The van der Waals surface area contributed by atoms with E-state index < -0.39 is 17.4 Å². The average Bonchev–Trinajstić information content (AvgIpc) is 3.47. The molecule has 3 aliphatic rings.